The molecule has 3 heterocycles. The minimum atomic E-state index is -0.329. The van der Waals surface area contributed by atoms with Crippen LogP contribution in [0.2, 0.25) is 0 Å². The zero-order valence-electron chi connectivity index (χ0n) is 17.4. The molecule has 3 aromatic heterocycles. The fourth-order valence-corrected chi connectivity index (χ4v) is 3.38. The lowest BCUT2D eigenvalue weighted by atomic mass is 10.1. The minimum Gasteiger partial charge on any atom is -0.360 e. The fourth-order valence-electron chi connectivity index (χ4n) is 3.38. The van der Waals surface area contributed by atoms with Crippen molar-refractivity contribution in [3.63, 3.8) is 0 Å². The molecule has 0 fully saturated rings. The summed E-state index contributed by atoms with van der Waals surface area (Å²) in [5, 5.41) is 7.01. The van der Waals surface area contributed by atoms with Crippen molar-refractivity contribution >= 4 is 22.6 Å². The quantitative estimate of drug-likeness (QED) is 0.430. The van der Waals surface area contributed by atoms with Gasteiger partial charge in [0, 0.05) is 23.5 Å². The summed E-state index contributed by atoms with van der Waals surface area (Å²) < 4.78 is 1.42. The SMILES string of the molecule is Cc1cnc(N[C@H](C)c2ccccc2)c(=O)n1CC(=O)NCc1cc2cc[nH]c2cn1. The van der Waals surface area contributed by atoms with Gasteiger partial charge in [0.15, 0.2) is 5.82 Å². The number of fused-ring (bicyclic) bond motifs is 1. The molecular weight excluding hydrogens is 392 g/mol. The van der Waals surface area contributed by atoms with Gasteiger partial charge in [-0.1, -0.05) is 30.3 Å². The van der Waals surface area contributed by atoms with Gasteiger partial charge in [-0.25, -0.2) is 4.98 Å². The van der Waals surface area contributed by atoms with Gasteiger partial charge in [-0.2, -0.15) is 0 Å². The average Bonchev–Trinajstić information content (AvgIpc) is 3.25. The number of benzene rings is 1. The molecule has 0 spiro atoms. The zero-order valence-corrected chi connectivity index (χ0v) is 17.4. The molecule has 0 saturated carbocycles. The monoisotopic (exact) mass is 416 g/mol. The molecule has 0 aliphatic rings. The van der Waals surface area contributed by atoms with E-state index in [-0.39, 0.29) is 36.4 Å². The maximum absolute atomic E-state index is 12.9. The second-order valence-electron chi connectivity index (χ2n) is 7.43. The number of rotatable bonds is 7. The van der Waals surface area contributed by atoms with Crippen LogP contribution in [0.5, 0.6) is 0 Å². The molecule has 1 amide bonds. The van der Waals surface area contributed by atoms with E-state index in [0.717, 1.165) is 22.2 Å². The Morgan fingerprint density at radius 2 is 1.97 bits per heavy atom. The minimum absolute atomic E-state index is 0.0893. The topological polar surface area (TPSA) is 105 Å². The van der Waals surface area contributed by atoms with E-state index in [1.807, 2.05) is 55.6 Å². The predicted molar refractivity (Wildman–Crippen MR) is 120 cm³/mol. The van der Waals surface area contributed by atoms with Crippen LogP contribution in [0.15, 0.2) is 65.8 Å². The number of amides is 1. The van der Waals surface area contributed by atoms with Crippen LogP contribution >= 0.6 is 0 Å². The molecule has 0 aliphatic heterocycles. The molecule has 0 radical (unpaired) electrons. The summed E-state index contributed by atoms with van der Waals surface area (Å²) in [5.41, 5.74) is 3.02. The Balaban J connectivity index is 1.44. The molecule has 3 N–H and O–H groups in total. The summed E-state index contributed by atoms with van der Waals surface area (Å²) in [7, 11) is 0. The molecule has 8 nitrogen and oxygen atoms in total. The molecule has 8 heteroatoms. The van der Waals surface area contributed by atoms with Gasteiger partial charge in [0.05, 0.1) is 30.0 Å². The number of H-pyrrole nitrogens is 1. The first kappa shape index (κ1) is 20.3. The van der Waals surface area contributed by atoms with E-state index in [1.165, 1.54) is 4.57 Å². The van der Waals surface area contributed by atoms with Gasteiger partial charge in [-0.3, -0.25) is 19.1 Å². The highest BCUT2D eigenvalue weighted by molar-refractivity contribution is 5.79. The van der Waals surface area contributed by atoms with Gasteiger partial charge in [0.2, 0.25) is 5.91 Å². The number of hydrogen-bond acceptors (Lipinski definition) is 5. The van der Waals surface area contributed by atoms with E-state index >= 15 is 0 Å². The van der Waals surface area contributed by atoms with Crippen LogP contribution in [0.4, 0.5) is 5.82 Å². The number of hydrogen-bond donors (Lipinski definition) is 3. The fraction of sp³-hybridized carbons (Fsp3) is 0.217. The summed E-state index contributed by atoms with van der Waals surface area (Å²) in [6, 6.07) is 13.6. The molecule has 158 valence electrons. The molecule has 0 saturated heterocycles. The summed E-state index contributed by atoms with van der Waals surface area (Å²) in [6.45, 7) is 3.91. The van der Waals surface area contributed by atoms with E-state index in [2.05, 4.69) is 25.6 Å². The molecule has 0 aliphatic carbocycles. The van der Waals surface area contributed by atoms with Gasteiger partial charge in [0.1, 0.15) is 6.54 Å². The third kappa shape index (κ3) is 4.63. The largest absolute Gasteiger partial charge is 0.360 e. The highest BCUT2D eigenvalue weighted by atomic mass is 16.2. The van der Waals surface area contributed by atoms with Crippen molar-refractivity contribution in [1.29, 1.82) is 0 Å². The van der Waals surface area contributed by atoms with E-state index in [4.69, 9.17) is 0 Å². The second kappa shape index (κ2) is 8.83. The number of carbonyl (C=O) groups excluding carboxylic acids is 1. The van der Waals surface area contributed by atoms with Crippen LogP contribution < -0.4 is 16.2 Å². The Bertz CT molecular complexity index is 1260. The number of carbonyl (C=O) groups is 1. The molecule has 0 bridgehead atoms. The Morgan fingerprint density at radius 3 is 2.77 bits per heavy atom. The lowest BCUT2D eigenvalue weighted by Gasteiger charge is -2.16. The lowest BCUT2D eigenvalue weighted by molar-refractivity contribution is -0.121. The number of aromatic amines is 1. The maximum atomic E-state index is 12.9. The third-order valence-corrected chi connectivity index (χ3v) is 5.17. The number of aromatic nitrogens is 4. The average molecular weight is 416 g/mol. The highest BCUT2D eigenvalue weighted by Crippen LogP contribution is 2.15. The summed E-state index contributed by atoms with van der Waals surface area (Å²) in [5.74, 6) is -0.0521. The first-order chi connectivity index (χ1) is 15.0. The number of pyridine rings is 1. The van der Waals surface area contributed by atoms with Crippen molar-refractivity contribution < 1.29 is 4.79 Å². The molecule has 4 aromatic rings. The van der Waals surface area contributed by atoms with Gasteiger partial charge in [-0.15, -0.1) is 0 Å². The van der Waals surface area contributed by atoms with Crippen molar-refractivity contribution in [2.45, 2.75) is 33.0 Å². The van der Waals surface area contributed by atoms with E-state index < -0.39 is 0 Å². The first-order valence-electron chi connectivity index (χ1n) is 10.1. The number of anilines is 1. The van der Waals surface area contributed by atoms with Crippen molar-refractivity contribution in [2.24, 2.45) is 0 Å². The maximum Gasteiger partial charge on any atom is 0.293 e. The Hall–Kier alpha value is -3.94. The van der Waals surface area contributed by atoms with E-state index in [0.29, 0.717) is 5.69 Å². The summed E-state index contributed by atoms with van der Waals surface area (Å²) in [4.78, 5) is 37.1. The Morgan fingerprint density at radius 1 is 1.16 bits per heavy atom. The summed E-state index contributed by atoms with van der Waals surface area (Å²) in [6.07, 6.45) is 5.17. The first-order valence-corrected chi connectivity index (χ1v) is 10.1. The third-order valence-electron chi connectivity index (χ3n) is 5.17. The zero-order chi connectivity index (χ0) is 21.8. The highest BCUT2D eigenvalue weighted by Gasteiger charge is 2.14. The standard InChI is InChI=1S/C23H24N6O2/c1-15-11-27-22(28-16(2)17-6-4-3-5-7-17)23(31)29(15)14-21(30)26-12-19-10-18-8-9-24-20(18)13-25-19/h3-11,13,16,24H,12,14H2,1-2H3,(H,26,30)(H,27,28)/t16-/m1/s1. The smallest absolute Gasteiger partial charge is 0.293 e. The van der Waals surface area contributed by atoms with Crippen molar-refractivity contribution in [2.75, 3.05) is 5.32 Å². The lowest BCUT2D eigenvalue weighted by Crippen LogP contribution is -2.34. The molecule has 4 rings (SSSR count). The number of nitrogens with zero attached hydrogens (tertiary/aromatic N) is 3. The van der Waals surface area contributed by atoms with Gasteiger partial charge in [-0.05, 0) is 31.5 Å². The number of aryl methyl sites for hydroxylation is 1. The second-order valence-corrected chi connectivity index (χ2v) is 7.43. The van der Waals surface area contributed by atoms with Crippen molar-refractivity contribution in [3.8, 4) is 0 Å². The van der Waals surface area contributed by atoms with Crippen LogP contribution in [0.3, 0.4) is 0 Å². The predicted octanol–water partition coefficient (Wildman–Crippen LogP) is 2.92. The number of nitrogens with one attached hydrogen (secondary N) is 3. The molecule has 31 heavy (non-hydrogen) atoms. The van der Waals surface area contributed by atoms with Crippen LogP contribution in [-0.4, -0.2) is 25.4 Å². The van der Waals surface area contributed by atoms with Crippen molar-refractivity contribution in [3.05, 3.63) is 88.4 Å². The van der Waals surface area contributed by atoms with Gasteiger partial charge >= 0.3 is 0 Å². The molecule has 1 atom stereocenters. The molecular formula is C23H24N6O2. The normalized spacial score (nSPS) is 11.9. The molecule has 1 aromatic carbocycles. The van der Waals surface area contributed by atoms with Gasteiger partial charge < -0.3 is 15.6 Å². The van der Waals surface area contributed by atoms with Crippen LogP contribution in [0, 0.1) is 6.92 Å². The van der Waals surface area contributed by atoms with Gasteiger partial charge in [0.25, 0.3) is 5.56 Å². The Labute approximate surface area is 179 Å². The van der Waals surface area contributed by atoms with Crippen LogP contribution in [0.25, 0.3) is 10.9 Å². The summed E-state index contributed by atoms with van der Waals surface area (Å²) >= 11 is 0. The van der Waals surface area contributed by atoms with Crippen molar-refractivity contribution in [1.82, 2.24) is 24.8 Å². The van der Waals surface area contributed by atoms with E-state index in [9.17, 15) is 9.59 Å². The van der Waals surface area contributed by atoms with Crippen LogP contribution in [0.1, 0.15) is 29.9 Å². The Kier molecular flexibility index (Phi) is 5.79. The molecule has 0 unspecified atom stereocenters. The van der Waals surface area contributed by atoms with Crippen LogP contribution in [-0.2, 0) is 17.9 Å². The van der Waals surface area contributed by atoms with E-state index in [1.54, 1.807) is 19.3 Å².